The summed E-state index contributed by atoms with van der Waals surface area (Å²) < 4.78 is 29.9. The van der Waals surface area contributed by atoms with E-state index in [1.54, 1.807) is 41.3 Å². The third-order valence-corrected chi connectivity index (χ3v) is 11.2. The number of sulfonamides is 1. The molecular formula is C41H49N3O4S. The number of nitrogens with zero attached hydrogens (tertiary/aromatic N) is 2. The van der Waals surface area contributed by atoms with Gasteiger partial charge in [-0.3, -0.25) is 13.9 Å². The maximum absolute atomic E-state index is 14.8. The molecule has 0 aliphatic heterocycles. The SMILES string of the molecule is Cc1ccc(S(=O)(=O)N(CC(=O)N(Cc2cccc(C)c2)C(Cc2ccccc2)C(=O)NC2CCCCC2)c2ccc(C(C)C)cc2)cc1. The highest BCUT2D eigenvalue weighted by molar-refractivity contribution is 7.92. The van der Waals surface area contributed by atoms with Crippen LogP contribution in [0.2, 0.25) is 0 Å². The zero-order valence-corrected chi connectivity index (χ0v) is 30.0. The fourth-order valence-electron chi connectivity index (χ4n) is 6.50. The van der Waals surface area contributed by atoms with E-state index in [0.717, 1.165) is 59.9 Å². The van der Waals surface area contributed by atoms with Crippen LogP contribution < -0.4 is 9.62 Å². The molecule has 1 unspecified atom stereocenters. The van der Waals surface area contributed by atoms with E-state index < -0.39 is 28.5 Å². The second kappa shape index (κ2) is 16.3. The van der Waals surface area contributed by atoms with Crippen LogP contribution in [0.25, 0.3) is 0 Å². The Morgan fingerprint density at radius 1 is 0.776 bits per heavy atom. The molecule has 0 aromatic heterocycles. The van der Waals surface area contributed by atoms with Gasteiger partial charge in [-0.05, 0) is 73.6 Å². The number of amides is 2. The van der Waals surface area contributed by atoms with Gasteiger partial charge in [0.1, 0.15) is 12.6 Å². The van der Waals surface area contributed by atoms with Crippen molar-refractivity contribution in [1.82, 2.24) is 10.2 Å². The molecule has 1 saturated carbocycles. The summed E-state index contributed by atoms with van der Waals surface area (Å²) in [7, 11) is -4.15. The van der Waals surface area contributed by atoms with Gasteiger partial charge in [-0.1, -0.05) is 123 Å². The highest BCUT2D eigenvalue weighted by Crippen LogP contribution is 2.28. The quantitative estimate of drug-likeness (QED) is 0.157. The average molecular weight is 680 g/mol. The molecule has 1 aliphatic rings. The zero-order chi connectivity index (χ0) is 35.0. The Balaban J connectivity index is 1.57. The average Bonchev–Trinajstić information content (AvgIpc) is 3.09. The molecule has 49 heavy (non-hydrogen) atoms. The molecule has 1 atom stereocenters. The number of carbonyl (C=O) groups excluding carboxylic acids is 2. The van der Waals surface area contributed by atoms with Crippen molar-refractivity contribution in [2.75, 3.05) is 10.8 Å². The minimum Gasteiger partial charge on any atom is -0.352 e. The largest absolute Gasteiger partial charge is 0.352 e. The van der Waals surface area contributed by atoms with Crippen molar-refractivity contribution in [3.63, 3.8) is 0 Å². The Hall–Kier alpha value is -4.43. The molecule has 1 N–H and O–H groups in total. The van der Waals surface area contributed by atoms with E-state index in [1.807, 2.05) is 80.6 Å². The molecule has 2 amide bonds. The van der Waals surface area contributed by atoms with E-state index in [1.165, 1.54) is 4.31 Å². The Morgan fingerprint density at radius 2 is 1.43 bits per heavy atom. The van der Waals surface area contributed by atoms with E-state index in [-0.39, 0.29) is 29.3 Å². The molecule has 4 aromatic rings. The molecule has 7 nitrogen and oxygen atoms in total. The Morgan fingerprint density at radius 3 is 2.06 bits per heavy atom. The number of rotatable bonds is 13. The second-order valence-electron chi connectivity index (χ2n) is 13.6. The van der Waals surface area contributed by atoms with Gasteiger partial charge in [0.15, 0.2) is 0 Å². The highest BCUT2D eigenvalue weighted by atomic mass is 32.2. The van der Waals surface area contributed by atoms with Crippen LogP contribution in [0.15, 0.2) is 108 Å². The van der Waals surface area contributed by atoms with Gasteiger partial charge < -0.3 is 10.2 Å². The fourth-order valence-corrected chi connectivity index (χ4v) is 7.91. The van der Waals surface area contributed by atoms with E-state index in [9.17, 15) is 18.0 Å². The van der Waals surface area contributed by atoms with Gasteiger partial charge in [0.2, 0.25) is 11.8 Å². The van der Waals surface area contributed by atoms with Gasteiger partial charge in [0.25, 0.3) is 10.0 Å². The number of aryl methyl sites for hydroxylation is 2. The molecule has 0 spiro atoms. The van der Waals surface area contributed by atoms with Gasteiger partial charge in [0.05, 0.1) is 10.6 Å². The van der Waals surface area contributed by atoms with Gasteiger partial charge in [-0.2, -0.15) is 0 Å². The normalized spacial score (nSPS) is 14.3. The number of benzene rings is 4. The van der Waals surface area contributed by atoms with Crippen molar-refractivity contribution in [2.24, 2.45) is 0 Å². The third-order valence-electron chi connectivity index (χ3n) is 9.39. The van der Waals surface area contributed by atoms with Crippen LogP contribution >= 0.6 is 0 Å². The van der Waals surface area contributed by atoms with Crippen LogP contribution in [-0.2, 0) is 32.6 Å². The van der Waals surface area contributed by atoms with Crippen molar-refractivity contribution in [3.8, 4) is 0 Å². The number of nitrogens with one attached hydrogen (secondary N) is 1. The van der Waals surface area contributed by atoms with Gasteiger partial charge in [-0.15, -0.1) is 0 Å². The number of anilines is 1. The first kappa shape index (κ1) is 35.9. The lowest BCUT2D eigenvalue weighted by Gasteiger charge is -2.35. The van der Waals surface area contributed by atoms with Crippen LogP contribution in [0, 0.1) is 13.8 Å². The summed E-state index contributed by atoms with van der Waals surface area (Å²) in [6, 6.07) is 30.7. The lowest BCUT2D eigenvalue weighted by molar-refractivity contribution is -0.140. The fraction of sp³-hybridized carbons (Fsp3) is 0.366. The molecule has 258 valence electrons. The van der Waals surface area contributed by atoms with E-state index in [4.69, 9.17) is 0 Å². The Bertz CT molecular complexity index is 1800. The summed E-state index contributed by atoms with van der Waals surface area (Å²) in [6.07, 6.45) is 5.38. The first-order valence-electron chi connectivity index (χ1n) is 17.4. The first-order valence-corrected chi connectivity index (χ1v) is 18.8. The van der Waals surface area contributed by atoms with E-state index >= 15 is 0 Å². The molecule has 1 fully saturated rings. The van der Waals surface area contributed by atoms with Gasteiger partial charge in [-0.25, -0.2) is 8.42 Å². The Labute approximate surface area is 292 Å². The summed E-state index contributed by atoms with van der Waals surface area (Å²) in [6.45, 7) is 7.73. The van der Waals surface area contributed by atoms with Crippen molar-refractivity contribution in [3.05, 3.63) is 131 Å². The number of hydrogen-bond donors (Lipinski definition) is 1. The number of hydrogen-bond acceptors (Lipinski definition) is 4. The minimum absolute atomic E-state index is 0.0494. The van der Waals surface area contributed by atoms with Gasteiger partial charge in [0, 0.05) is 19.0 Å². The summed E-state index contributed by atoms with van der Waals surface area (Å²) in [5, 5.41) is 3.27. The summed E-state index contributed by atoms with van der Waals surface area (Å²) in [5.41, 5.74) is 5.20. The molecule has 1 aliphatic carbocycles. The summed E-state index contributed by atoms with van der Waals surface area (Å²) in [5.74, 6) is -0.417. The summed E-state index contributed by atoms with van der Waals surface area (Å²) >= 11 is 0. The minimum atomic E-state index is -4.15. The molecule has 4 aromatic carbocycles. The number of carbonyl (C=O) groups is 2. The lowest BCUT2D eigenvalue weighted by Crippen LogP contribution is -2.55. The van der Waals surface area contributed by atoms with Crippen molar-refractivity contribution in [1.29, 1.82) is 0 Å². The molecule has 8 heteroatoms. The first-order chi connectivity index (χ1) is 23.5. The predicted molar refractivity (Wildman–Crippen MR) is 197 cm³/mol. The molecule has 0 saturated heterocycles. The van der Waals surface area contributed by atoms with Crippen molar-refractivity contribution < 1.29 is 18.0 Å². The van der Waals surface area contributed by atoms with Crippen LogP contribution in [0.4, 0.5) is 5.69 Å². The molecule has 0 heterocycles. The molecule has 0 bridgehead atoms. The Kier molecular flexibility index (Phi) is 11.9. The monoisotopic (exact) mass is 679 g/mol. The van der Waals surface area contributed by atoms with Crippen molar-refractivity contribution >= 4 is 27.5 Å². The van der Waals surface area contributed by atoms with Crippen molar-refractivity contribution in [2.45, 2.75) is 95.7 Å². The maximum Gasteiger partial charge on any atom is 0.264 e. The third kappa shape index (κ3) is 9.38. The van der Waals surface area contributed by atoms with Crippen LogP contribution in [0.1, 0.15) is 79.7 Å². The zero-order valence-electron chi connectivity index (χ0n) is 29.1. The molecular weight excluding hydrogens is 631 g/mol. The summed E-state index contributed by atoms with van der Waals surface area (Å²) in [4.78, 5) is 30.8. The topological polar surface area (TPSA) is 86.8 Å². The second-order valence-corrected chi connectivity index (χ2v) is 15.5. The van der Waals surface area contributed by atoms with Crippen LogP contribution in [0.3, 0.4) is 0 Å². The van der Waals surface area contributed by atoms with Crippen LogP contribution in [0.5, 0.6) is 0 Å². The lowest BCUT2D eigenvalue weighted by atomic mass is 9.94. The molecule has 5 rings (SSSR count). The standard InChI is InChI=1S/C41H49N3O4S/c1-30(2)35-20-22-37(23-21-35)44(49(47,48)38-24-18-31(3)19-25-38)29-40(45)43(28-34-15-11-12-32(4)26-34)39(27-33-13-7-5-8-14-33)41(46)42-36-16-9-6-10-17-36/h5,7-8,11-15,18-26,30,36,39H,6,9-10,16-17,27-29H2,1-4H3,(H,42,46). The van der Waals surface area contributed by atoms with Crippen LogP contribution in [-0.4, -0.2) is 43.8 Å². The highest BCUT2D eigenvalue weighted by Gasteiger charge is 2.35. The molecule has 0 radical (unpaired) electrons. The van der Waals surface area contributed by atoms with E-state index in [0.29, 0.717) is 12.1 Å². The van der Waals surface area contributed by atoms with E-state index in [2.05, 4.69) is 19.2 Å². The predicted octanol–water partition coefficient (Wildman–Crippen LogP) is 7.71. The van der Waals surface area contributed by atoms with Gasteiger partial charge >= 0.3 is 0 Å². The maximum atomic E-state index is 14.8. The smallest absolute Gasteiger partial charge is 0.264 e.